The van der Waals surface area contributed by atoms with Gasteiger partial charge in [0.15, 0.2) is 0 Å². The summed E-state index contributed by atoms with van der Waals surface area (Å²) >= 11 is 0. The third-order valence-corrected chi connectivity index (χ3v) is 4.77. The lowest BCUT2D eigenvalue weighted by molar-refractivity contribution is -0.131. The van der Waals surface area contributed by atoms with Crippen LogP contribution in [0.15, 0.2) is 30.5 Å². The van der Waals surface area contributed by atoms with Crippen LogP contribution in [0.1, 0.15) is 37.0 Å². The zero-order valence-electron chi connectivity index (χ0n) is 15.0. The van der Waals surface area contributed by atoms with Gasteiger partial charge in [-0.25, -0.2) is 0 Å². The molecule has 0 aliphatic carbocycles. The van der Waals surface area contributed by atoms with Crippen molar-refractivity contribution >= 4 is 22.7 Å². The lowest BCUT2D eigenvalue weighted by Gasteiger charge is -2.23. The van der Waals surface area contributed by atoms with Crippen LogP contribution in [0, 0.1) is 5.92 Å². The SMILES string of the molecule is CCCC(=O)N1CCOCC(Cc2ccc3c(ccn3C(C)=O)c2)C1. The molecule has 0 saturated carbocycles. The molecule has 2 heterocycles. The third-order valence-electron chi connectivity index (χ3n) is 4.77. The van der Waals surface area contributed by atoms with Gasteiger partial charge in [-0.3, -0.25) is 14.2 Å². The molecule has 1 aromatic heterocycles. The van der Waals surface area contributed by atoms with Gasteiger partial charge in [-0.2, -0.15) is 0 Å². The van der Waals surface area contributed by atoms with Crippen molar-refractivity contribution in [3.8, 4) is 0 Å². The van der Waals surface area contributed by atoms with E-state index in [1.54, 1.807) is 11.5 Å². The molecule has 1 aromatic carbocycles. The predicted molar refractivity (Wildman–Crippen MR) is 97.7 cm³/mol. The average Bonchev–Trinajstić information content (AvgIpc) is 2.86. The maximum atomic E-state index is 12.2. The Bertz CT molecular complexity index is 765. The number of benzene rings is 1. The number of rotatable bonds is 4. The number of nitrogens with zero attached hydrogens (tertiary/aromatic N) is 2. The average molecular weight is 342 g/mol. The molecule has 0 spiro atoms. The lowest BCUT2D eigenvalue weighted by Crippen LogP contribution is -2.36. The van der Waals surface area contributed by atoms with Gasteiger partial charge >= 0.3 is 0 Å². The first kappa shape index (κ1) is 17.7. The molecule has 25 heavy (non-hydrogen) atoms. The fraction of sp³-hybridized carbons (Fsp3) is 0.500. The highest BCUT2D eigenvalue weighted by Crippen LogP contribution is 2.21. The summed E-state index contributed by atoms with van der Waals surface area (Å²) in [6.07, 6.45) is 4.18. The summed E-state index contributed by atoms with van der Waals surface area (Å²) in [4.78, 5) is 25.8. The summed E-state index contributed by atoms with van der Waals surface area (Å²) in [5, 5.41) is 1.07. The second-order valence-corrected chi connectivity index (χ2v) is 6.83. The first-order chi connectivity index (χ1) is 12.1. The van der Waals surface area contributed by atoms with Gasteiger partial charge < -0.3 is 9.64 Å². The second kappa shape index (κ2) is 7.83. The van der Waals surface area contributed by atoms with Crippen molar-refractivity contribution in [2.45, 2.75) is 33.1 Å². The van der Waals surface area contributed by atoms with Gasteiger partial charge in [0.25, 0.3) is 0 Å². The Labute approximate surface area is 148 Å². The molecule has 1 saturated heterocycles. The van der Waals surface area contributed by atoms with E-state index in [-0.39, 0.29) is 11.8 Å². The van der Waals surface area contributed by atoms with E-state index < -0.39 is 0 Å². The molecule has 0 bridgehead atoms. The summed E-state index contributed by atoms with van der Waals surface area (Å²) in [6.45, 7) is 6.35. The smallest absolute Gasteiger partial charge is 0.227 e. The van der Waals surface area contributed by atoms with Crippen LogP contribution >= 0.6 is 0 Å². The molecule has 1 unspecified atom stereocenters. The van der Waals surface area contributed by atoms with E-state index in [0.29, 0.717) is 32.1 Å². The molecule has 1 fully saturated rings. The van der Waals surface area contributed by atoms with Gasteiger partial charge in [0.2, 0.25) is 11.8 Å². The van der Waals surface area contributed by atoms with Crippen LogP contribution < -0.4 is 0 Å². The highest BCUT2D eigenvalue weighted by atomic mass is 16.5. The van der Waals surface area contributed by atoms with Gasteiger partial charge in [-0.05, 0) is 36.6 Å². The molecule has 5 nitrogen and oxygen atoms in total. The Hall–Kier alpha value is -2.14. The summed E-state index contributed by atoms with van der Waals surface area (Å²) in [7, 11) is 0. The molecule has 134 valence electrons. The Balaban J connectivity index is 1.73. The maximum Gasteiger partial charge on any atom is 0.227 e. The molecule has 3 rings (SSSR count). The number of hydrogen-bond donors (Lipinski definition) is 0. The molecule has 1 atom stereocenters. The van der Waals surface area contributed by atoms with Crippen molar-refractivity contribution < 1.29 is 14.3 Å². The summed E-state index contributed by atoms with van der Waals surface area (Å²) in [6, 6.07) is 8.19. The van der Waals surface area contributed by atoms with Gasteiger partial charge in [0, 0.05) is 43.9 Å². The van der Waals surface area contributed by atoms with E-state index >= 15 is 0 Å². The molecule has 1 amide bonds. The predicted octanol–water partition coefficient (Wildman–Crippen LogP) is 3.12. The number of fused-ring (bicyclic) bond motifs is 1. The maximum absolute atomic E-state index is 12.2. The summed E-state index contributed by atoms with van der Waals surface area (Å²) in [5.74, 6) is 0.549. The van der Waals surface area contributed by atoms with E-state index in [1.807, 2.05) is 30.2 Å². The molecule has 5 heteroatoms. The van der Waals surface area contributed by atoms with Crippen molar-refractivity contribution in [3.05, 3.63) is 36.0 Å². The topological polar surface area (TPSA) is 51.5 Å². The highest BCUT2D eigenvalue weighted by molar-refractivity contribution is 5.91. The molecular weight excluding hydrogens is 316 g/mol. The molecule has 1 aliphatic heterocycles. The zero-order chi connectivity index (χ0) is 17.8. The number of amides is 1. The van der Waals surface area contributed by atoms with E-state index in [1.165, 1.54) is 5.56 Å². The van der Waals surface area contributed by atoms with Gasteiger partial charge in [-0.1, -0.05) is 13.0 Å². The lowest BCUT2D eigenvalue weighted by atomic mass is 9.98. The Morgan fingerprint density at radius 1 is 1.28 bits per heavy atom. The van der Waals surface area contributed by atoms with Crippen molar-refractivity contribution in [1.29, 1.82) is 0 Å². The Kier molecular flexibility index (Phi) is 5.53. The fourth-order valence-electron chi connectivity index (χ4n) is 3.53. The summed E-state index contributed by atoms with van der Waals surface area (Å²) in [5.41, 5.74) is 2.15. The number of ether oxygens (including phenoxy) is 1. The number of aromatic nitrogens is 1. The van der Waals surface area contributed by atoms with Crippen molar-refractivity contribution in [1.82, 2.24) is 9.47 Å². The third kappa shape index (κ3) is 4.10. The summed E-state index contributed by atoms with van der Waals surface area (Å²) < 4.78 is 7.38. The van der Waals surface area contributed by atoms with Crippen LogP contribution in [0.4, 0.5) is 0 Å². The number of carbonyl (C=O) groups excluding carboxylic acids is 2. The Morgan fingerprint density at radius 2 is 2.12 bits per heavy atom. The molecule has 0 N–H and O–H groups in total. The fourth-order valence-corrected chi connectivity index (χ4v) is 3.53. The normalized spacial score (nSPS) is 18.3. The van der Waals surface area contributed by atoms with Crippen molar-refractivity contribution in [2.24, 2.45) is 5.92 Å². The van der Waals surface area contributed by atoms with Crippen molar-refractivity contribution in [3.63, 3.8) is 0 Å². The Morgan fingerprint density at radius 3 is 2.88 bits per heavy atom. The van der Waals surface area contributed by atoms with Crippen LogP contribution in [0.3, 0.4) is 0 Å². The van der Waals surface area contributed by atoms with Crippen LogP contribution in [0.2, 0.25) is 0 Å². The first-order valence-corrected chi connectivity index (χ1v) is 9.05. The zero-order valence-corrected chi connectivity index (χ0v) is 15.0. The largest absolute Gasteiger partial charge is 0.379 e. The minimum absolute atomic E-state index is 0.0185. The van der Waals surface area contributed by atoms with E-state index in [4.69, 9.17) is 4.74 Å². The van der Waals surface area contributed by atoms with Gasteiger partial charge in [-0.15, -0.1) is 0 Å². The van der Waals surface area contributed by atoms with Crippen LogP contribution in [-0.4, -0.2) is 47.6 Å². The molecular formula is C20H26N2O3. The minimum atomic E-state index is 0.0185. The van der Waals surface area contributed by atoms with Crippen LogP contribution in [0.25, 0.3) is 10.9 Å². The van der Waals surface area contributed by atoms with Crippen LogP contribution in [-0.2, 0) is 16.0 Å². The van der Waals surface area contributed by atoms with Gasteiger partial charge in [0.1, 0.15) is 0 Å². The highest BCUT2D eigenvalue weighted by Gasteiger charge is 2.22. The molecule has 2 aromatic rings. The van der Waals surface area contributed by atoms with Crippen LogP contribution in [0.5, 0.6) is 0 Å². The van der Waals surface area contributed by atoms with E-state index in [2.05, 4.69) is 12.1 Å². The molecule has 0 radical (unpaired) electrons. The number of carbonyl (C=O) groups is 2. The second-order valence-electron chi connectivity index (χ2n) is 6.83. The van der Waals surface area contributed by atoms with Crippen molar-refractivity contribution in [2.75, 3.05) is 26.3 Å². The first-order valence-electron chi connectivity index (χ1n) is 9.05. The molecule has 1 aliphatic rings. The van der Waals surface area contributed by atoms with Gasteiger partial charge in [0.05, 0.1) is 18.7 Å². The minimum Gasteiger partial charge on any atom is -0.379 e. The van der Waals surface area contributed by atoms with E-state index in [9.17, 15) is 9.59 Å². The quantitative estimate of drug-likeness (QED) is 0.858. The number of hydrogen-bond acceptors (Lipinski definition) is 3. The van der Waals surface area contributed by atoms with E-state index in [0.717, 1.165) is 30.3 Å². The standard InChI is InChI=1S/C20H26N2O3/c1-3-4-20(24)21-9-10-25-14-17(13-21)11-16-5-6-19-18(12-16)7-8-22(19)15(2)23/h5-8,12,17H,3-4,9-11,13-14H2,1-2H3. The monoisotopic (exact) mass is 342 g/mol.